The number of allylic oxidation sites excluding steroid dienone is 3. The Hall–Kier alpha value is -3.27. The first kappa shape index (κ1) is 17.5. The number of esters is 1. The number of benzene rings is 2. The van der Waals surface area contributed by atoms with Gasteiger partial charge in [-0.25, -0.2) is 4.79 Å². The minimum Gasteiger partial charge on any atom is -0.508 e. The number of ether oxygens (including phenoxy) is 1. The summed E-state index contributed by atoms with van der Waals surface area (Å²) in [6, 6.07) is 11.9. The number of phenols is 2. The molecule has 0 bridgehead atoms. The van der Waals surface area contributed by atoms with Crippen molar-refractivity contribution in [3.8, 4) is 11.5 Å². The van der Waals surface area contributed by atoms with Crippen molar-refractivity contribution in [2.75, 3.05) is 0 Å². The van der Waals surface area contributed by atoms with E-state index in [2.05, 4.69) is 0 Å². The Labute approximate surface area is 152 Å². The lowest BCUT2D eigenvalue weighted by atomic mass is 10.0. The smallest absolute Gasteiger partial charge is 0.336 e. The van der Waals surface area contributed by atoms with Gasteiger partial charge in [0.25, 0.3) is 0 Å². The zero-order valence-corrected chi connectivity index (χ0v) is 14.7. The van der Waals surface area contributed by atoms with Gasteiger partial charge in [-0.3, -0.25) is 0 Å². The molecule has 2 aromatic carbocycles. The zero-order chi connectivity index (χ0) is 18.7. The Balaban J connectivity index is 1.94. The van der Waals surface area contributed by atoms with Crippen molar-refractivity contribution in [1.82, 2.24) is 0 Å². The molecule has 26 heavy (non-hydrogen) atoms. The first-order valence-electron chi connectivity index (χ1n) is 8.32. The lowest BCUT2D eigenvalue weighted by Crippen LogP contribution is -1.92. The highest BCUT2D eigenvalue weighted by molar-refractivity contribution is 6.03. The third kappa shape index (κ3) is 4.03. The molecular formula is C22H20O4. The van der Waals surface area contributed by atoms with Crippen LogP contribution in [-0.2, 0) is 16.0 Å². The molecule has 0 saturated heterocycles. The van der Waals surface area contributed by atoms with Crippen LogP contribution in [0, 0.1) is 0 Å². The normalized spacial score (nSPS) is 14.9. The van der Waals surface area contributed by atoms with Gasteiger partial charge in [-0.15, -0.1) is 0 Å². The lowest BCUT2D eigenvalue weighted by molar-refractivity contribution is -0.132. The maximum absolute atomic E-state index is 11.8. The monoisotopic (exact) mass is 348 g/mol. The van der Waals surface area contributed by atoms with E-state index in [9.17, 15) is 15.0 Å². The van der Waals surface area contributed by atoms with Crippen LogP contribution in [0.25, 0.3) is 11.6 Å². The van der Waals surface area contributed by atoms with Crippen molar-refractivity contribution in [2.45, 2.75) is 20.3 Å². The fourth-order valence-corrected chi connectivity index (χ4v) is 2.68. The molecule has 2 N–H and O–H groups in total. The molecule has 0 amide bonds. The number of cyclic esters (lactones) is 1. The molecule has 1 aliphatic heterocycles. The summed E-state index contributed by atoms with van der Waals surface area (Å²) in [5, 5.41) is 19.5. The van der Waals surface area contributed by atoms with Gasteiger partial charge in [-0.2, -0.15) is 0 Å². The second-order valence-corrected chi connectivity index (χ2v) is 6.41. The minimum absolute atomic E-state index is 0.160. The fraction of sp³-hybridized carbons (Fsp3) is 0.136. The second-order valence-electron chi connectivity index (χ2n) is 6.41. The predicted octanol–water partition coefficient (Wildman–Crippen LogP) is 4.59. The van der Waals surface area contributed by atoms with Gasteiger partial charge in [0.2, 0.25) is 0 Å². The Kier molecular flexibility index (Phi) is 4.94. The zero-order valence-electron chi connectivity index (χ0n) is 14.7. The fourth-order valence-electron chi connectivity index (χ4n) is 2.68. The van der Waals surface area contributed by atoms with Crippen LogP contribution in [0.2, 0.25) is 0 Å². The van der Waals surface area contributed by atoms with Gasteiger partial charge in [-0.05, 0) is 67.3 Å². The molecule has 0 fully saturated rings. The van der Waals surface area contributed by atoms with Crippen LogP contribution in [0.3, 0.4) is 0 Å². The third-order valence-electron chi connectivity index (χ3n) is 4.05. The van der Waals surface area contributed by atoms with E-state index < -0.39 is 5.97 Å². The second kappa shape index (κ2) is 7.31. The van der Waals surface area contributed by atoms with Crippen molar-refractivity contribution in [2.24, 2.45) is 0 Å². The Morgan fingerprint density at radius 2 is 1.81 bits per heavy atom. The number of aromatic hydroxyl groups is 2. The molecule has 3 rings (SSSR count). The number of hydrogen-bond donors (Lipinski definition) is 2. The van der Waals surface area contributed by atoms with Crippen LogP contribution in [0.5, 0.6) is 11.5 Å². The molecule has 1 aliphatic rings. The summed E-state index contributed by atoms with van der Waals surface area (Å²) in [5.74, 6) is 0.414. The Morgan fingerprint density at radius 3 is 2.50 bits per heavy atom. The maximum atomic E-state index is 11.8. The summed E-state index contributed by atoms with van der Waals surface area (Å²) in [4.78, 5) is 11.8. The van der Waals surface area contributed by atoms with Crippen LogP contribution in [0.15, 0.2) is 65.9 Å². The highest BCUT2D eigenvalue weighted by Crippen LogP contribution is 2.32. The van der Waals surface area contributed by atoms with E-state index in [1.54, 1.807) is 42.5 Å². The molecule has 0 atom stereocenters. The number of carbonyl (C=O) groups excluding carboxylic acids is 1. The number of phenolic OH excluding ortho intramolecular Hbond substituents is 2. The summed E-state index contributed by atoms with van der Waals surface area (Å²) >= 11 is 0. The molecule has 4 heteroatoms. The molecule has 0 saturated carbocycles. The standard InChI is InChI=1S/C22H20O4/c1-14(2)3-5-17-11-15(4-10-20(17)24)12-21-19(13-22(25)26-21)16-6-8-18(23)9-7-16/h3-4,6-13,23-24H,5H2,1-2H3. The van der Waals surface area contributed by atoms with Gasteiger partial charge in [-0.1, -0.05) is 29.8 Å². The van der Waals surface area contributed by atoms with E-state index in [-0.39, 0.29) is 11.5 Å². The van der Waals surface area contributed by atoms with Crippen molar-refractivity contribution >= 4 is 17.6 Å². The van der Waals surface area contributed by atoms with E-state index in [0.29, 0.717) is 17.8 Å². The SMILES string of the molecule is CC(C)=CCc1cc(C=C2OC(=O)C=C2c2ccc(O)cc2)ccc1O. The van der Waals surface area contributed by atoms with Crippen molar-refractivity contribution < 1.29 is 19.7 Å². The van der Waals surface area contributed by atoms with Crippen LogP contribution in [-0.4, -0.2) is 16.2 Å². The molecule has 0 radical (unpaired) electrons. The number of rotatable bonds is 4. The number of carbonyl (C=O) groups is 1. The topological polar surface area (TPSA) is 66.8 Å². The highest BCUT2D eigenvalue weighted by Gasteiger charge is 2.21. The van der Waals surface area contributed by atoms with Gasteiger partial charge in [0.1, 0.15) is 17.3 Å². The van der Waals surface area contributed by atoms with Crippen molar-refractivity contribution in [3.05, 3.63) is 82.6 Å². The summed E-state index contributed by atoms with van der Waals surface area (Å²) in [6.07, 6.45) is 5.88. The van der Waals surface area contributed by atoms with E-state index in [4.69, 9.17) is 4.74 Å². The van der Waals surface area contributed by atoms with Crippen LogP contribution in [0.1, 0.15) is 30.5 Å². The maximum Gasteiger partial charge on any atom is 0.336 e. The van der Waals surface area contributed by atoms with Crippen molar-refractivity contribution in [1.29, 1.82) is 0 Å². The van der Waals surface area contributed by atoms with Crippen LogP contribution < -0.4 is 0 Å². The molecule has 2 aromatic rings. The minimum atomic E-state index is -0.428. The Morgan fingerprint density at radius 1 is 1.08 bits per heavy atom. The lowest BCUT2D eigenvalue weighted by Gasteiger charge is -2.07. The van der Waals surface area contributed by atoms with Gasteiger partial charge in [0.15, 0.2) is 0 Å². The third-order valence-corrected chi connectivity index (χ3v) is 4.05. The molecule has 0 unspecified atom stereocenters. The molecule has 0 spiro atoms. The average Bonchev–Trinajstić information content (AvgIpc) is 2.96. The van der Waals surface area contributed by atoms with Gasteiger partial charge >= 0.3 is 5.97 Å². The highest BCUT2D eigenvalue weighted by atomic mass is 16.5. The molecule has 0 aliphatic carbocycles. The van der Waals surface area contributed by atoms with Gasteiger partial charge < -0.3 is 14.9 Å². The first-order valence-corrected chi connectivity index (χ1v) is 8.32. The van der Waals surface area contributed by atoms with E-state index in [0.717, 1.165) is 16.7 Å². The molecular weight excluding hydrogens is 328 g/mol. The molecule has 4 nitrogen and oxygen atoms in total. The quantitative estimate of drug-likeness (QED) is 0.626. The van der Waals surface area contributed by atoms with Crippen LogP contribution >= 0.6 is 0 Å². The molecule has 0 aromatic heterocycles. The number of hydrogen-bond acceptors (Lipinski definition) is 4. The summed E-state index contributed by atoms with van der Waals surface area (Å²) in [6.45, 7) is 4.02. The van der Waals surface area contributed by atoms with Gasteiger partial charge in [0.05, 0.1) is 0 Å². The van der Waals surface area contributed by atoms with E-state index >= 15 is 0 Å². The first-order chi connectivity index (χ1) is 12.4. The summed E-state index contributed by atoms with van der Waals surface area (Å²) in [5.41, 5.74) is 4.25. The summed E-state index contributed by atoms with van der Waals surface area (Å²) < 4.78 is 5.32. The Bertz CT molecular complexity index is 927. The largest absolute Gasteiger partial charge is 0.508 e. The van der Waals surface area contributed by atoms with Crippen LogP contribution in [0.4, 0.5) is 0 Å². The molecule has 1 heterocycles. The average molecular weight is 348 g/mol. The van der Waals surface area contributed by atoms with Gasteiger partial charge in [0, 0.05) is 11.6 Å². The summed E-state index contributed by atoms with van der Waals surface area (Å²) in [7, 11) is 0. The van der Waals surface area contributed by atoms with E-state index in [1.165, 1.54) is 11.6 Å². The predicted molar refractivity (Wildman–Crippen MR) is 101 cm³/mol. The molecule has 132 valence electrons. The van der Waals surface area contributed by atoms with Crippen molar-refractivity contribution in [3.63, 3.8) is 0 Å². The van der Waals surface area contributed by atoms with E-state index in [1.807, 2.05) is 26.0 Å².